The molecule has 3 aromatic carbocycles. The van der Waals surface area contributed by atoms with Crippen LogP contribution < -0.4 is 18.9 Å². The summed E-state index contributed by atoms with van der Waals surface area (Å²) in [5.74, 6) is 1.04. The number of aliphatic hydroxyl groups excluding tert-OH is 1. The van der Waals surface area contributed by atoms with Crippen molar-refractivity contribution in [3.63, 3.8) is 0 Å². The van der Waals surface area contributed by atoms with E-state index in [0.29, 0.717) is 11.5 Å². The van der Waals surface area contributed by atoms with Crippen LogP contribution in [0.3, 0.4) is 0 Å². The van der Waals surface area contributed by atoms with Gasteiger partial charge in [0.2, 0.25) is 0 Å². The van der Waals surface area contributed by atoms with Gasteiger partial charge in [-0.15, -0.1) is 0 Å². The normalized spacial score (nSPS) is 11.4. The molecule has 9 heteroatoms. The summed E-state index contributed by atoms with van der Waals surface area (Å²) in [7, 11) is -2.52. The average molecular weight is 497 g/mol. The fourth-order valence-electron chi connectivity index (χ4n) is 3.23. The molecule has 0 aromatic heterocycles. The molecular weight excluding hydrogens is 468 g/mol. The third-order valence-electron chi connectivity index (χ3n) is 5.07. The van der Waals surface area contributed by atoms with Gasteiger partial charge in [-0.1, -0.05) is 39.0 Å². The lowest BCUT2D eigenvalue weighted by Crippen LogP contribution is -2.16. The van der Waals surface area contributed by atoms with Gasteiger partial charge in [0.05, 0.1) is 35.9 Å². The Morgan fingerprint density at radius 1 is 1.03 bits per heavy atom. The molecule has 0 fully saturated rings. The van der Waals surface area contributed by atoms with E-state index in [2.05, 4.69) is 4.72 Å². The Kier molecular flexibility index (Phi) is 7.89. The zero-order valence-electron chi connectivity index (χ0n) is 20.0. The molecule has 0 radical (unpaired) electrons. The van der Waals surface area contributed by atoms with Crippen LogP contribution in [-0.2, 0) is 15.4 Å². The molecule has 35 heavy (non-hydrogen) atoms. The second-order valence-corrected chi connectivity index (χ2v) is 10.4. The van der Waals surface area contributed by atoms with Crippen molar-refractivity contribution in [2.45, 2.75) is 31.1 Å². The highest BCUT2D eigenvalue weighted by Gasteiger charge is 2.23. The van der Waals surface area contributed by atoms with Crippen molar-refractivity contribution in [3.05, 3.63) is 71.8 Å². The van der Waals surface area contributed by atoms with E-state index < -0.39 is 10.0 Å². The number of methoxy groups -OCH3 is 1. The largest absolute Gasteiger partial charge is 0.497 e. The Morgan fingerprint density at radius 2 is 1.71 bits per heavy atom. The van der Waals surface area contributed by atoms with Crippen LogP contribution in [0.15, 0.2) is 65.6 Å². The van der Waals surface area contributed by atoms with Crippen molar-refractivity contribution in [1.29, 1.82) is 5.26 Å². The van der Waals surface area contributed by atoms with Crippen molar-refractivity contribution >= 4 is 15.7 Å². The first kappa shape index (κ1) is 25.9. The van der Waals surface area contributed by atoms with Crippen LogP contribution in [0.4, 0.5) is 5.69 Å². The fourth-order valence-corrected chi connectivity index (χ4v) is 4.28. The first-order valence-electron chi connectivity index (χ1n) is 10.8. The molecule has 0 unspecified atom stereocenters. The molecule has 0 amide bonds. The lowest BCUT2D eigenvalue weighted by molar-refractivity contribution is 0.198. The molecule has 0 atom stereocenters. The summed E-state index contributed by atoms with van der Waals surface area (Å²) in [4.78, 5) is 0.0537. The van der Waals surface area contributed by atoms with E-state index in [1.165, 1.54) is 31.4 Å². The van der Waals surface area contributed by atoms with Gasteiger partial charge < -0.3 is 19.3 Å². The molecule has 0 heterocycles. The monoisotopic (exact) mass is 496 g/mol. The molecule has 0 aliphatic rings. The number of anilines is 1. The Labute approximate surface area is 205 Å². The van der Waals surface area contributed by atoms with Crippen LogP contribution in [0.5, 0.6) is 23.0 Å². The van der Waals surface area contributed by atoms with E-state index >= 15 is 0 Å². The van der Waals surface area contributed by atoms with E-state index in [1.54, 1.807) is 36.4 Å². The zero-order chi connectivity index (χ0) is 25.6. The number of benzene rings is 3. The smallest absolute Gasteiger partial charge is 0.262 e. The molecule has 0 bridgehead atoms. The number of hydrogen-bond acceptors (Lipinski definition) is 7. The van der Waals surface area contributed by atoms with E-state index in [9.17, 15) is 18.8 Å². The lowest BCUT2D eigenvalue weighted by atomic mass is 9.87. The first-order chi connectivity index (χ1) is 16.6. The minimum atomic E-state index is -4.03. The maximum absolute atomic E-state index is 13.2. The molecular formula is C26H28N2O6S. The van der Waals surface area contributed by atoms with Crippen LogP contribution in [0.2, 0.25) is 0 Å². The number of rotatable bonds is 9. The van der Waals surface area contributed by atoms with Crippen molar-refractivity contribution in [1.82, 2.24) is 0 Å². The average Bonchev–Trinajstić information content (AvgIpc) is 2.83. The van der Waals surface area contributed by atoms with Gasteiger partial charge in [-0.2, -0.15) is 5.26 Å². The zero-order valence-corrected chi connectivity index (χ0v) is 20.8. The van der Waals surface area contributed by atoms with Crippen LogP contribution in [-0.4, -0.2) is 33.8 Å². The number of nitrogens with one attached hydrogen (secondary N) is 1. The summed E-state index contributed by atoms with van der Waals surface area (Å²) in [6.45, 7) is 5.76. The number of aliphatic hydroxyl groups is 1. The summed E-state index contributed by atoms with van der Waals surface area (Å²) >= 11 is 0. The van der Waals surface area contributed by atoms with Gasteiger partial charge in [0.1, 0.15) is 18.1 Å². The molecule has 0 spiro atoms. The van der Waals surface area contributed by atoms with Gasteiger partial charge in [0.15, 0.2) is 11.5 Å². The number of hydrogen-bond donors (Lipinski definition) is 2. The predicted octanol–water partition coefficient (Wildman–Crippen LogP) is 4.83. The van der Waals surface area contributed by atoms with Gasteiger partial charge in [-0.3, -0.25) is 4.72 Å². The fraction of sp³-hybridized carbons (Fsp3) is 0.269. The standard InChI is InChI=1S/C26H28N2O6S/c1-26(2,3)19-8-10-22(11-9-19)35(30,31)28-23-14-18(17-27)15-24(33-13-12-29)25(23)34-21-7-5-6-20(16-21)32-4/h5-11,14-16,28-29H,12-13H2,1-4H3. The van der Waals surface area contributed by atoms with Gasteiger partial charge in [-0.05, 0) is 41.3 Å². The molecule has 8 nitrogen and oxygen atoms in total. The van der Waals surface area contributed by atoms with Crippen molar-refractivity contribution < 1.29 is 27.7 Å². The van der Waals surface area contributed by atoms with Crippen LogP contribution >= 0.6 is 0 Å². The van der Waals surface area contributed by atoms with Crippen molar-refractivity contribution in [2.24, 2.45) is 0 Å². The summed E-state index contributed by atoms with van der Waals surface area (Å²) in [5.41, 5.74) is 1.02. The predicted molar refractivity (Wildman–Crippen MR) is 133 cm³/mol. The maximum Gasteiger partial charge on any atom is 0.262 e. The molecule has 3 aromatic rings. The van der Waals surface area contributed by atoms with Crippen molar-refractivity contribution in [2.75, 3.05) is 25.0 Å². The molecule has 184 valence electrons. The second kappa shape index (κ2) is 10.7. The van der Waals surface area contributed by atoms with E-state index in [-0.39, 0.29) is 46.3 Å². The Morgan fingerprint density at radius 3 is 2.31 bits per heavy atom. The summed E-state index contributed by atoms with van der Waals surface area (Å²) < 4.78 is 45.8. The highest BCUT2D eigenvalue weighted by molar-refractivity contribution is 7.92. The molecule has 0 saturated carbocycles. The topological polar surface area (TPSA) is 118 Å². The quantitative estimate of drug-likeness (QED) is 0.436. The Bertz CT molecular complexity index is 1320. The molecule has 0 aliphatic carbocycles. The highest BCUT2D eigenvalue weighted by atomic mass is 32.2. The van der Waals surface area contributed by atoms with E-state index in [1.807, 2.05) is 26.8 Å². The molecule has 0 aliphatic heterocycles. The SMILES string of the molecule is COc1cccc(Oc2c(NS(=O)(=O)c3ccc(C(C)(C)C)cc3)cc(C#N)cc2OCCO)c1. The number of ether oxygens (including phenoxy) is 3. The number of nitriles is 1. The van der Waals surface area contributed by atoms with Gasteiger partial charge in [-0.25, -0.2) is 8.42 Å². The summed E-state index contributed by atoms with van der Waals surface area (Å²) in [6.07, 6.45) is 0. The highest BCUT2D eigenvalue weighted by Crippen LogP contribution is 2.41. The molecule has 3 rings (SSSR count). The first-order valence-corrected chi connectivity index (χ1v) is 12.3. The van der Waals surface area contributed by atoms with Gasteiger partial charge in [0, 0.05) is 12.1 Å². The van der Waals surface area contributed by atoms with Crippen molar-refractivity contribution in [3.8, 4) is 29.1 Å². The summed E-state index contributed by atoms with van der Waals surface area (Å²) in [6, 6.07) is 18.1. The number of sulfonamides is 1. The van der Waals surface area contributed by atoms with E-state index in [4.69, 9.17) is 14.2 Å². The van der Waals surface area contributed by atoms with Crippen LogP contribution in [0, 0.1) is 11.3 Å². The molecule has 0 saturated heterocycles. The Balaban J connectivity index is 2.07. The van der Waals surface area contributed by atoms with E-state index in [0.717, 1.165) is 5.56 Å². The second-order valence-electron chi connectivity index (χ2n) is 8.70. The van der Waals surface area contributed by atoms with Gasteiger partial charge in [0.25, 0.3) is 10.0 Å². The Hall–Kier alpha value is -3.74. The lowest BCUT2D eigenvalue weighted by Gasteiger charge is -2.20. The maximum atomic E-state index is 13.2. The van der Waals surface area contributed by atoms with Crippen LogP contribution in [0.1, 0.15) is 31.9 Å². The molecule has 2 N–H and O–H groups in total. The third-order valence-corrected chi connectivity index (χ3v) is 6.45. The third kappa shape index (κ3) is 6.44. The summed E-state index contributed by atoms with van der Waals surface area (Å²) in [5, 5.41) is 18.7. The van der Waals surface area contributed by atoms with Crippen LogP contribution in [0.25, 0.3) is 0 Å². The number of nitrogens with zero attached hydrogens (tertiary/aromatic N) is 1. The minimum Gasteiger partial charge on any atom is -0.497 e. The minimum absolute atomic E-state index is 0.0136. The van der Waals surface area contributed by atoms with Gasteiger partial charge >= 0.3 is 0 Å².